The second kappa shape index (κ2) is 5.27. The molecule has 0 radical (unpaired) electrons. The van der Waals surface area contributed by atoms with Gasteiger partial charge in [-0.1, -0.05) is 12.1 Å². The van der Waals surface area contributed by atoms with Crippen molar-refractivity contribution in [1.29, 1.82) is 0 Å². The van der Waals surface area contributed by atoms with Gasteiger partial charge in [-0.3, -0.25) is 9.36 Å². The second-order valence-corrected chi connectivity index (χ2v) is 3.69. The maximum atomic E-state index is 12.0. The Morgan fingerprint density at radius 3 is 2.94 bits per heavy atom. The summed E-state index contributed by atoms with van der Waals surface area (Å²) in [5.74, 6) is 0.448. The van der Waals surface area contributed by atoms with E-state index in [4.69, 9.17) is 4.74 Å². The van der Waals surface area contributed by atoms with Gasteiger partial charge in [-0.15, -0.1) is 0 Å². The Hall–Kier alpha value is -2.43. The van der Waals surface area contributed by atoms with E-state index >= 15 is 0 Å². The Balaban J connectivity index is 2.22. The lowest BCUT2D eigenvalue weighted by atomic mass is 10.1. The van der Waals surface area contributed by atoms with Gasteiger partial charge >= 0.3 is 5.69 Å². The van der Waals surface area contributed by atoms with Crippen LogP contribution in [0.1, 0.15) is 10.4 Å². The molecule has 2 aromatic rings. The first-order chi connectivity index (χ1) is 8.70. The predicted molar refractivity (Wildman–Crippen MR) is 65.8 cm³/mol. The minimum Gasteiger partial charge on any atom is -0.497 e. The van der Waals surface area contributed by atoms with Crippen LogP contribution in [0, 0.1) is 0 Å². The van der Waals surface area contributed by atoms with Gasteiger partial charge < -0.3 is 4.74 Å². The molecule has 0 unspecified atom stereocenters. The maximum absolute atomic E-state index is 12.0. The first-order valence-corrected chi connectivity index (χ1v) is 5.39. The molecule has 18 heavy (non-hydrogen) atoms. The van der Waals surface area contributed by atoms with E-state index in [9.17, 15) is 9.59 Å². The van der Waals surface area contributed by atoms with E-state index in [-0.39, 0.29) is 12.3 Å². The molecule has 0 bridgehead atoms. The molecule has 5 nitrogen and oxygen atoms in total. The van der Waals surface area contributed by atoms with Crippen LogP contribution < -0.4 is 10.4 Å². The van der Waals surface area contributed by atoms with Gasteiger partial charge in [-0.25, -0.2) is 9.78 Å². The highest BCUT2D eigenvalue weighted by atomic mass is 16.5. The van der Waals surface area contributed by atoms with E-state index in [1.807, 2.05) is 0 Å². The molecule has 0 N–H and O–H groups in total. The normalized spacial score (nSPS) is 10.1. The van der Waals surface area contributed by atoms with E-state index in [1.54, 1.807) is 30.3 Å². The third-order valence-corrected chi connectivity index (χ3v) is 2.49. The number of carbonyl (C=O) groups is 1. The molecule has 0 aliphatic rings. The molecule has 0 amide bonds. The Morgan fingerprint density at radius 2 is 2.22 bits per heavy atom. The fourth-order valence-corrected chi connectivity index (χ4v) is 1.55. The lowest BCUT2D eigenvalue weighted by Gasteiger charge is -2.05. The first-order valence-electron chi connectivity index (χ1n) is 5.39. The number of rotatable bonds is 4. The highest BCUT2D eigenvalue weighted by molar-refractivity contribution is 5.96. The highest BCUT2D eigenvalue weighted by Gasteiger charge is 2.08. The summed E-state index contributed by atoms with van der Waals surface area (Å²) in [6.07, 6.45) is 2.93. The van der Waals surface area contributed by atoms with Gasteiger partial charge in [0.1, 0.15) is 5.75 Å². The van der Waals surface area contributed by atoms with Crippen molar-refractivity contribution in [1.82, 2.24) is 9.55 Å². The maximum Gasteiger partial charge on any atom is 0.347 e. The number of hydrogen-bond acceptors (Lipinski definition) is 4. The quantitative estimate of drug-likeness (QED) is 0.756. The van der Waals surface area contributed by atoms with Gasteiger partial charge in [0.05, 0.1) is 13.7 Å². The third kappa shape index (κ3) is 2.63. The van der Waals surface area contributed by atoms with Gasteiger partial charge in [0.2, 0.25) is 0 Å². The zero-order chi connectivity index (χ0) is 13.0. The minimum absolute atomic E-state index is 0.0279. The Kier molecular flexibility index (Phi) is 3.52. The van der Waals surface area contributed by atoms with Crippen molar-refractivity contribution in [2.75, 3.05) is 7.11 Å². The Morgan fingerprint density at radius 1 is 1.39 bits per heavy atom. The van der Waals surface area contributed by atoms with Crippen molar-refractivity contribution in [2.45, 2.75) is 6.54 Å². The van der Waals surface area contributed by atoms with E-state index < -0.39 is 5.69 Å². The Bertz CT molecular complexity index is 619. The largest absolute Gasteiger partial charge is 0.497 e. The summed E-state index contributed by atoms with van der Waals surface area (Å²) in [5.41, 5.74) is 0.0684. The molecule has 92 valence electrons. The van der Waals surface area contributed by atoms with Crippen molar-refractivity contribution < 1.29 is 9.53 Å². The van der Waals surface area contributed by atoms with Crippen molar-refractivity contribution in [3.05, 3.63) is 58.8 Å². The van der Waals surface area contributed by atoms with Gasteiger partial charge in [0.25, 0.3) is 0 Å². The van der Waals surface area contributed by atoms with Crippen LogP contribution in [-0.4, -0.2) is 22.4 Å². The molecule has 0 saturated carbocycles. The lowest BCUT2D eigenvalue weighted by Crippen LogP contribution is -2.25. The number of ether oxygens (including phenoxy) is 1. The number of hydrogen-bond donors (Lipinski definition) is 0. The molecule has 0 fully saturated rings. The number of aromatic nitrogens is 2. The third-order valence-electron chi connectivity index (χ3n) is 2.49. The van der Waals surface area contributed by atoms with Crippen LogP contribution in [0.5, 0.6) is 5.75 Å². The summed E-state index contributed by atoms with van der Waals surface area (Å²) >= 11 is 0. The molecule has 1 aromatic carbocycles. The molecule has 0 saturated heterocycles. The van der Waals surface area contributed by atoms with Gasteiger partial charge in [-0.2, -0.15) is 0 Å². The summed E-state index contributed by atoms with van der Waals surface area (Å²) in [6, 6.07) is 8.43. The van der Waals surface area contributed by atoms with Gasteiger partial charge in [0.15, 0.2) is 5.78 Å². The van der Waals surface area contributed by atoms with Crippen molar-refractivity contribution in [3.8, 4) is 5.75 Å². The number of Topliss-reactive ketones (excluding diaryl/α,β-unsaturated/α-hetero) is 1. The number of ketones is 1. The molecule has 5 heteroatoms. The smallest absolute Gasteiger partial charge is 0.347 e. The van der Waals surface area contributed by atoms with E-state index in [2.05, 4.69) is 4.98 Å². The monoisotopic (exact) mass is 244 g/mol. The predicted octanol–water partition coefficient (Wildman–Crippen LogP) is 1.13. The van der Waals surface area contributed by atoms with Crippen molar-refractivity contribution in [3.63, 3.8) is 0 Å². The summed E-state index contributed by atoms with van der Waals surface area (Å²) in [6.45, 7) is -0.0279. The standard InChI is InChI=1S/C13H12N2O3/c1-18-11-5-2-4-10(8-11)12(16)9-15-7-3-6-14-13(15)17/h2-8H,9H2,1H3. The summed E-state index contributed by atoms with van der Waals surface area (Å²) < 4.78 is 6.31. The zero-order valence-corrected chi connectivity index (χ0v) is 9.87. The van der Waals surface area contributed by atoms with Crippen LogP contribution in [0.2, 0.25) is 0 Å². The van der Waals surface area contributed by atoms with Gasteiger partial charge in [-0.05, 0) is 18.2 Å². The van der Waals surface area contributed by atoms with Crippen LogP contribution in [0.3, 0.4) is 0 Å². The molecule has 0 atom stereocenters. The molecule has 0 aliphatic carbocycles. The first kappa shape index (κ1) is 12.0. The summed E-state index contributed by atoms with van der Waals surface area (Å²) in [4.78, 5) is 27.0. The summed E-state index contributed by atoms with van der Waals surface area (Å²) in [7, 11) is 1.54. The van der Waals surface area contributed by atoms with Gasteiger partial charge in [0, 0.05) is 18.0 Å². The Labute approximate surface area is 104 Å². The molecular formula is C13H12N2O3. The van der Waals surface area contributed by atoms with Crippen molar-refractivity contribution in [2.24, 2.45) is 0 Å². The fourth-order valence-electron chi connectivity index (χ4n) is 1.55. The molecule has 2 rings (SSSR count). The van der Waals surface area contributed by atoms with Crippen LogP contribution in [0.25, 0.3) is 0 Å². The van der Waals surface area contributed by atoms with Crippen molar-refractivity contribution >= 4 is 5.78 Å². The zero-order valence-electron chi connectivity index (χ0n) is 9.87. The number of methoxy groups -OCH3 is 1. The van der Waals surface area contributed by atoms with Crippen LogP contribution in [-0.2, 0) is 6.54 Å². The van der Waals surface area contributed by atoms with Crippen LogP contribution in [0.15, 0.2) is 47.5 Å². The van der Waals surface area contributed by atoms with E-state index in [0.29, 0.717) is 11.3 Å². The van der Waals surface area contributed by atoms with Crippen LogP contribution >= 0.6 is 0 Å². The SMILES string of the molecule is COc1cccc(C(=O)Cn2cccnc2=O)c1. The molecule has 1 heterocycles. The number of carbonyl (C=O) groups excluding carboxylic acids is 1. The number of benzene rings is 1. The lowest BCUT2D eigenvalue weighted by molar-refractivity contribution is 0.0970. The molecule has 1 aromatic heterocycles. The van der Waals surface area contributed by atoms with E-state index in [0.717, 1.165) is 0 Å². The molecule has 0 spiro atoms. The van der Waals surface area contributed by atoms with Crippen LogP contribution in [0.4, 0.5) is 0 Å². The second-order valence-electron chi connectivity index (χ2n) is 3.69. The molecule has 0 aliphatic heterocycles. The molecular weight excluding hydrogens is 232 g/mol. The van der Waals surface area contributed by atoms with E-state index in [1.165, 1.54) is 24.1 Å². The average Bonchev–Trinajstić information content (AvgIpc) is 2.41. The average molecular weight is 244 g/mol. The fraction of sp³-hybridized carbons (Fsp3) is 0.154. The topological polar surface area (TPSA) is 61.2 Å². The minimum atomic E-state index is -0.436. The highest BCUT2D eigenvalue weighted by Crippen LogP contribution is 2.13. The number of nitrogens with zero attached hydrogens (tertiary/aromatic N) is 2. The summed E-state index contributed by atoms with van der Waals surface area (Å²) in [5, 5.41) is 0.